The Morgan fingerprint density at radius 1 is 0.962 bits per heavy atom. The Labute approximate surface area is 161 Å². The van der Waals surface area contributed by atoms with Crippen LogP contribution in [0.4, 0.5) is 0 Å². The second kappa shape index (κ2) is 7.69. The minimum Gasteiger partial charge on any atom is -0.383 e. The van der Waals surface area contributed by atoms with Crippen LogP contribution in [-0.4, -0.2) is 47.1 Å². The van der Waals surface area contributed by atoms with Crippen molar-refractivity contribution in [1.29, 1.82) is 0 Å². The fourth-order valence-corrected chi connectivity index (χ4v) is 4.63. The third kappa shape index (κ3) is 3.67. The van der Waals surface area contributed by atoms with Crippen LogP contribution in [0, 0.1) is 0 Å². The number of nitrogens with zero attached hydrogens (tertiary/aromatic N) is 2. The molecule has 4 heteroatoms. The van der Waals surface area contributed by atoms with Gasteiger partial charge in [0.2, 0.25) is 0 Å². The van der Waals surface area contributed by atoms with E-state index in [2.05, 4.69) is 34.1 Å². The number of likely N-dealkylation sites (tertiary alicyclic amines) is 2. The van der Waals surface area contributed by atoms with E-state index in [9.17, 15) is 5.11 Å². The van der Waals surface area contributed by atoms with Crippen LogP contribution in [-0.2, 0) is 12.1 Å². The molecule has 2 aromatic rings. The SMILES string of the molecule is O[C@]1(c2ccccc2)CCN(Cc2ccc(Cl)cc2)C[C@H]1N1CCCC1. The van der Waals surface area contributed by atoms with Crippen molar-refractivity contribution >= 4 is 11.6 Å². The second-order valence-corrected chi connectivity index (χ2v) is 8.10. The summed E-state index contributed by atoms with van der Waals surface area (Å²) in [7, 11) is 0. The molecule has 2 aliphatic heterocycles. The van der Waals surface area contributed by atoms with E-state index in [0.29, 0.717) is 0 Å². The lowest BCUT2D eigenvalue weighted by Gasteiger charge is -2.48. The predicted octanol–water partition coefficient (Wildman–Crippen LogP) is 3.90. The molecule has 26 heavy (non-hydrogen) atoms. The van der Waals surface area contributed by atoms with Gasteiger partial charge in [-0.05, 0) is 55.6 Å². The van der Waals surface area contributed by atoms with Crippen molar-refractivity contribution in [2.24, 2.45) is 0 Å². The average Bonchev–Trinajstić information content (AvgIpc) is 3.20. The first-order chi connectivity index (χ1) is 12.6. The zero-order chi connectivity index (χ0) is 18.0. The van der Waals surface area contributed by atoms with Crippen LogP contribution in [0.25, 0.3) is 0 Å². The summed E-state index contributed by atoms with van der Waals surface area (Å²) in [6.45, 7) is 4.89. The molecule has 2 fully saturated rings. The topological polar surface area (TPSA) is 26.7 Å². The van der Waals surface area contributed by atoms with Crippen LogP contribution in [0.2, 0.25) is 5.02 Å². The Morgan fingerprint density at radius 2 is 1.65 bits per heavy atom. The lowest BCUT2D eigenvalue weighted by Crippen LogP contribution is -2.60. The van der Waals surface area contributed by atoms with Crippen LogP contribution in [0.1, 0.15) is 30.4 Å². The molecule has 0 aliphatic carbocycles. The molecule has 2 atom stereocenters. The van der Waals surface area contributed by atoms with Gasteiger partial charge in [0.15, 0.2) is 0 Å². The Morgan fingerprint density at radius 3 is 2.35 bits per heavy atom. The van der Waals surface area contributed by atoms with Crippen molar-refractivity contribution < 1.29 is 5.11 Å². The lowest BCUT2D eigenvalue weighted by molar-refractivity contribution is -0.0959. The molecule has 4 rings (SSSR count). The van der Waals surface area contributed by atoms with E-state index in [-0.39, 0.29) is 6.04 Å². The van der Waals surface area contributed by atoms with Gasteiger partial charge in [-0.15, -0.1) is 0 Å². The van der Waals surface area contributed by atoms with Crippen molar-refractivity contribution in [1.82, 2.24) is 9.80 Å². The highest BCUT2D eigenvalue weighted by Crippen LogP contribution is 2.37. The summed E-state index contributed by atoms with van der Waals surface area (Å²) in [6.07, 6.45) is 3.24. The van der Waals surface area contributed by atoms with Crippen molar-refractivity contribution in [2.45, 2.75) is 37.5 Å². The number of hydrogen-bond acceptors (Lipinski definition) is 3. The van der Waals surface area contributed by atoms with Crippen molar-refractivity contribution in [3.8, 4) is 0 Å². The summed E-state index contributed by atoms with van der Waals surface area (Å²) >= 11 is 6.02. The predicted molar refractivity (Wildman–Crippen MR) is 106 cm³/mol. The summed E-state index contributed by atoms with van der Waals surface area (Å²) in [6, 6.07) is 18.5. The zero-order valence-electron chi connectivity index (χ0n) is 15.1. The molecule has 0 bridgehead atoms. The molecular formula is C22H27ClN2O. The van der Waals surface area contributed by atoms with Crippen molar-refractivity contribution in [2.75, 3.05) is 26.2 Å². The maximum absolute atomic E-state index is 11.7. The third-order valence-electron chi connectivity index (χ3n) is 5.97. The molecule has 2 saturated heterocycles. The highest BCUT2D eigenvalue weighted by atomic mass is 35.5. The highest BCUT2D eigenvalue weighted by molar-refractivity contribution is 6.30. The fourth-order valence-electron chi connectivity index (χ4n) is 4.51. The Bertz CT molecular complexity index is 715. The number of aliphatic hydroxyl groups is 1. The van der Waals surface area contributed by atoms with Gasteiger partial charge in [-0.3, -0.25) is 9.80 Å². The van der Waals surface area contributed by atoms with Gasteiger partial charge in [-0.2, -0.15) is 0 Å². The van der Waals surface area contributed by atoms with Crippen LogP contribution < -0.4 is 0 Å². The number of rotatable bonds is 4. The molecule has 2 aromatic carbocycles. The monoisotopic (exact) mass is 370 g/mol. The maximum Gasteiger partial charge on any atom is 0.108 e. The zero-order valence-corrected chi connectivity index (χ0v) is 15.9. The smallest absolute Gasteiger partial charge is 0.108 e. The molecule has 0 unspecified atom stereocenters. The number of halogens is 1. The summed E-state index contributed by atoms with van der Waals surface area (Å²) in [5.74, 6) is 0. The van der Waals surface area contributed by atoms with Crippen LogP contribution in [0.15, 0.2) is 54.6 Å². The van der Waals surface area contributed by atoms with Crippen LogP contribution in [0.5, 0.6) is 0 Å². The van der Waals surface area contributed by atoms with E-state index >= 15 is 0 Å². The third-order valence-corrected chi connectivity index (χ3v) is 6.22. The molecule has 0 amide bonds. The van der Waals surface area contributed by atoms with Gasteiger partial charge >= 0.3 is 0 Å². The molecular weight excluding hydrogens is 344 g/mol. The summed E-state index contributed by atoms with van der Waals surface area (Å²) < 4.78 is 0. The molecule has 0 aromatic heterocycles. The van der Waals surface area contributed by atoms with E-state index in [4.69, 9.17) is 11.6 Å². The Kier molecular flexibility index (Phi) is 5.32. The van der Waals surface area contributed by atoms with Gasteiger partial charge in [-0.1, -0.05) is 54.1 Å². The second-order valence-electron chi connectivity index (χ2n) is 7.66. The highest BCUT2D eigenvalue weighted by Gasteiger charge is 2.46. The molecule has 0 spiro atoms. The Hall–Kier alpha value is -1.39. The van der Waals surface area contributed by atoms with Gasteiger partial charge in [0.25, 0.3) is 0 Å². The summed E-state index contributed by atoms with van der Waals surface area (Å²) in [5, 5.41) is 12.5. The van der Waals surface area contributed by atoms with E-state index in [1.54, 1.807) is 0 Å². The molecule has 138 valence electrons. The number of piperidine rings is 1. The fraction of sp³-hybridized carbons (Fsp3) is 0.455. The Balaban J connectivity index is 1.55. The van der Waals surface area contributed by atoms with E-state index in [1.165, 1.54) is 18.4 Å². The van der Waals surface area contributed by atoms with Gasteiger partial charge in [0, 0.05) is 24.7 Å². The first-order valence-electron chi connectivity index (χ1n) is 9.64. The molecule has 1 N–H and O–H groups in total. The number of hydrogen-bond donors (Lipinski definition) is 1. The van der Waals surface area contributed by atoms with Gasteiger partial charge in [0.1, 0.15) is 5.60 Å². The number of benzene rings is 2. The van der Waals surface area contributed by atoms with Gasteiger partial charge in [-0.25, -0.2) is 0 Å². The lowest BCUT2D eigenvalue weighted by atomic mass is 9.79. The summed E-state index contributed by atoms with van der Waals surface area (Å²) in [5.41, 5.74) is 1.57. The molecule has 0 radical (unpaired) electrons. The quantitative estimate of drug-likeness (QED) is 0.884. The molecule has 2 aliphatic rings. The van der Waals surface area contributed by atoms with E-state index in [1.807, 2.05) is 30.3 Å². The molecule has 3 nitrogen and oxygen atoms in total. The van der Waals surface area contributed by atoms with Gasteiger partial charge < -0.3 is 5.11 Å². The molecule has 0 saturated carbocycles. The van der Waals surface area contributed by atoms with E-state index < -0.39 is 5.60 Å². The normalized spacial score (nSPS) is 27.7. The average molecular weight is 371 g/mol. The minimum atomic E-state index is -0.762. The standard InChI is InChI=1S/C22H27ClN2O/c23-20-10-8-18(9-11-20)16-24-15-12-22(26,19-6-2-1-3-7-19)21(17-24)25-13-4-5-14-25/h1-3,6-11,21,26H,4-5,12-17H2/t21-,22+/m1/s1. The van der Waals surface area contributed by atoms with Crippen LogP contribution in [0.3, 0.4) is 0 Å². The van der Waals surface area contributed by atoms with Gasteiger partial charge in [0.05, 0.1) is 6.04 Å². The minimum absolute atomic E-state index is 0.147. The largest absolute Gasteiger partial charge is 0.383 e. The molecule has 2 heterocycles. The first kappa shape index (κ1) is 18.0. The maximum atomic E-state index is 11.7. The first-order valence-corrected chi connectivity index (χ1v) is 10.0. The summed E-state index contributed by atoms with van der Waals surface area (Å²) in [4.78, 5) is 4.98. The van der Waals surface area contributed by atoms with Crippen molar-refractivity contribution in [3.63, 3.8) is 0 Å². The van der Waals surface area contributed by atoms with E-state index in [0.717, 1.165) is 49.7 Å². The van der Waals surface area contributed by atoms with Crippen molar-refractivity contribution in [3.05, 3.63) is 70.7 Å². The van der Waals surface area contributed by atoms with Crippen LogP contribution >= 0.6 is 11.6 Å².